The molecule has 0 bridgehead atoms. The topological polar surface area (TPSA) is 106 Å². The summed E-state index contributed by atoms with van der Waals surface area (Å²) in [6.45, 7) is 7.15. The molecule has 0 aromatic carbocycles. The van der Waals surface area contributed by atoms with Crippen molar-refractivity contribution in [3.63, 3.8) is 0 Å². The van der Waals surface area contributed by atoms with Crippen molar-refractivity contribution in [2.75, 3.05) is 13.2 Å². The van der Waals surface area contributed by atoms with E-state index in [1.807, 2.05) is 6.08 Å². The normalized spacial score (nSPS) is 37.3. The largest absolute Gasteiger partial charge is 0.459 e. The maximum absolute atomic E-state index is 11.9. The van der Waals surface area contributed by atoms with Gasteiger partial charge in [-0.1, -0.05) is 18.2 Å². The summed E-state index contributed by atoms with van der Waals surface area (Å²) in [6.07, 6.45) is 2.57. The van der Waals surface area contributed by atoms with Crippen LogP contribution in [0.5, 0.6) is 0 Å². The predicted molar refractivity (Wildman–Crippen MR) is 95.5 cm³/mol. The third-order valence-corrected chi connectivity index (χ3v) is 5.44. The first-order valence-electron chi connectivity index (χ1n) is 9.13. The third-order valence-electron chi connectivity index (χ3n) is 5.44. The molecular weight excluding hydrogens is 352 g/mol. The summed E-state index contributed by atoms with van der Waals surface area (Å²) >= 11 is 0. The van der Waals surface area contributed by atoms with Crippen LogP contribution in [-0.4, -0.2) is 59.3 Å². The van der Waals surface area contributed by atoms with Gasteiger partial charge in [-0.3, -0.25) is 0 Å². The molecule has 27 heavy (non-hydrogen) atoms. The van der Waals surface area contributed by atoms with E-state index < -0.39 is 29.7 Å². The van der Waals surface area contributed by atoms with Gasteiger partial charge in [0.1, 0.15) is 12.7 Å². The van der Waals surface area contributed by atoms with Crippen LogP contribution in [0.15, 0.2) is 35.5 Å². The minimum Gasteiger partial charge on any atom is -0.459 e. The fraction of sp³-hybridized carbons (Fsp3) is 0.600. The van der Waals surface area contributed by atoms with Crippen LogP contribution in [0.4, 0.5) is 0 Å². The first-order chi connectivity index (χ1) is 12.8. The molecule has 0 aromatic heterocycles. The lowest BCUT2D eigenvalue weighted by atomic mass is 9.82. The number of fused-ring (bicyclic) bond motifs is 2. The molecule has 2 heterocycles. The second-order valence-electron chi connectivity index (χ2n) is 7.68. The molecule has 0 saturated carbocycles. The highest BCUT2D eigenvalue weighted by molar-refractivity contribution is 5.90. The Morgan fingerprint density at radius 2 is 2.22 bits per heavy atom. The Bertz CT molecular complexity index is 703. The fourth-order valence-electron chi connectivity index (χ4n) is 3.79. The van der Waals surface area contributed by atoms with Crippen LogP contribution in [0.25, 0.3) is 0 Å². The zero-order chi connectivity index (χ0) is 19.8. The van der Waals surface area contributed by atoms with Gasteiger partial charge in [0.05, 0.1) is 18.8 Å². The molecule has 3 rings (SSSR count). The van der Waals surface area contributed by atoms with Gasteiger partial charge in [-0.2, -0.15) is 0 Å². The van der Waals surface area contributed by atoms with E-state index in [4.69, 9.17) is 14.2 Å². The number of ether oxygens (including phenoxy) is 3. The molecule has 7 heteroatoms. The monoisotopic (exact) mass is 378 g/mol. The summed E-state index contributed by atoms with van der Waals surface area (Å²) in [7, 11) is 0. The minimum atomic E-state index is -1.02. The van der Waals surface area contributed by atoms with E-state index in [0.29, 0.717) is 18.4 Å². The number of carbonyl (C=O) groups excluding carboxylic acids is 2. The van der Waals surface area contributed by atoms with Crippen LogP contribution in [0.1, 0.15) is 33.1 Å². The molecule has 0 amide bonds. The van der Waals surface area contributed by atoms with Crippen molar-refractivity contribution in [1.82, 2.24) is 0 Å². The van der Waals surface area contributed by atoms with E-state index in [9.17, 15) is 19.8 Å². The summed E-state index contributed by atoms with van der Waals surface area (Å²) in [5, 5.41) is 20.5. The number of hydrogen-bond acceptors (Lipinski definition) is 7. The molecule has 0 spiro atoms. The van der Waals surface area contributed by atoms with E-state index in [0.717, 1.165) is 11.1 Å². The van der Waals surface area contributed by atoms with Gasteiger partial charge < -0.3 is 24.4 Å². The van der Waals surface area contributed by atoms with E-state index in [2.05, 4.69) is 6.58 Å². The van der Waals surface area contributed by atoms with Gasteiger partial charge in [0.25, 0.3) is 0 Å². The van der Waals surface area contributed by atoms with Crippen LogP contribution in [0.3, 0.4) is 0 Å². The molecule has 148 valence electrons. The Morgan fingerprint density at radius 3 is 2.89 bits per heavy atom. The van der Waals surface area contributed by atoms with E-state index in [-0.39, 0.29) is 31.7 Å². The Labute approximate surface area is 158 Å². The average molecular weight is 378 g/mol. The number of epoxide rings is 1. The summed E-state index contributed by atoms with van der Waals surface area (Å²) in [6, 6.07) is 0. The van der Waals surface area contributed by atoms with Crippen LogP contribution in [-0.2, 0) is 23.8 Å². The zero-order valence-corrected chi connectivity index (χ0v) is 15.6. The van der Waals surface area contributed by atoms with Crippen molar-refractivity contribution >= 4 is 11.9 Å². The second kappa shape index (κ2) is 7.58. The van der Waals surface area contributed by atoms with Gasteiger partial charge in [0, 0.05) is 24.0 Å². The number of aliphatic hydroxyl groups is 2. The predicted octanol–water partition coefficient (Wildman–Crippen LogP) is 1.19. The van der Waals surface area contributed by atoms with Gasteiger partial charge in [-0.15, -0.1) is 0 Å². The molecule has 1 aliphatic carbocycles. The van der Waals surface area contributed by atoms with Crippen LogP contribution in [0, 0.1) is 5.92 Å². The van der Waals surface area contributed by atoms with Gasteiger partial charge in [0.15, 0.2) is 5.60 Å². The molecule has 3 aliphatic rings. The number of hydrogen-bond donors (Lipinski definition) is 2. The van der Waals surface area contributed by atoms with E-state index in [1.54, 1.807) is 13.8 Å². The highest BCUT2D eigenvalue weighted by Crippen LogP contribution is 2.47. The lowest BCUT2D eigenvalue weighted by Gasteiger charge is -2.26. The Kier molecular flexibility index (Phi) is 5.55. The molecule has 2 fully saturated rings. The van der Waals surface area contributed by atoms with Gasteiger partial charge >= 0.3 is 11.9 Å². The van der Waals surface area contributed by atoms with Gasteiger partial charge in [-0.05, 0) is 32.3 Å². The summed E-state index contributed by atoms with van der Waals surface area (Å²) in [4.78, 5) is 23.8. The Hall–Kier alpha value is -1.96. The first-order valence-corrected chi connectivity index (χ1v) is 9.13. The molecule has 0 unspecified atom stereocenters. The highest BCUT2D eigenvalue weighted by atomic mass is 16.7. The Balaban J connectivity index is 1.81. The number of rotatable bonds is 4. The SMILES string of the molecule is C=C1C(=O)O[C@H]2C/C(CO)=C\C[C@@H]3O[C@]3(COC(=O)C=C(C)C)[C@H](O)C[C@H]12. The molecule has 2 aliphatic heterocycles. The van der Waals surface area contributed by atoms with Crippen molar-refractivity contribution in [1.29, 1.82) is 0 Å². The highest BCUT2D eigenvalue weighted by Gasteiger charge is 2.62. The number of aliphatic hydroxyl groups excluding tert-OH is 2. The van der Waals surface area contributed by atoms with Crippen molar-refractivity contribution in [2.45, 2.75) is 57.0 Å². The Morgan fingerprint density at radius 1 is 1.48 bits per heavy atom. The van der Waals surface area contributed by atoms with Gasteiger partial charge in [-0.25, -0.2) is 9.59 Å². The molecule has 0 radical (unpaired) electrons. The summed E-state index contributed by atoms with van der Waals surface area (Å²) in [5.41, 5.74) is 0.852. The number of esters is 2. The molecule has 2 saturated heterocycles. The van der Waals surface area contributed by atoms with Crippen LogP contribution in [0.2, 0.25) is 0 Å². The smallest absolute Gasteiger partial charge is 0.334 e. The van der Waals surface area contributed by atoms with Crippen molar-refractivity contribution in [3.05, 3.63) is 35.5 Å². The molecular formula is C20H26O7. The molecule has 7 nitrogen and oxygen atoms in total. The molecule has 2 N–H and O–H groups in total. The maximum atomic E-state index is 11.9. The number of carbonyl (C=O) groups is 2. The standard InChI is InChI=1S/C20H26O7/c1-11(2)6-18(23)25-10-20-16(22)8-14-12(3)19(24)26-15(14)7-13(9-21)4-5-17(20)27-20/h4,6,14-17,21-22H,3,5,7-10H2,1-2H3/b13-4+/t14-,15+,16-,17+,20-/m1/s1. The van der Waals surface area contributed by atoms with Crippen LogP contribution >= 0.6 is 0 Å². The molecule has 5 atom stereocenters. The lowest BCUT2D eigenvalue weighted by Crippen LogP contribution is -2.40. The van der Waals surface area contributed by atoms with Crippen molar-refractivity contribution < 1.29 is 34.0 Å². The van der Waals surface area contributed by atoms with Crippen LogP contribution < -0.4 is 0 Å². The first kappa shape index (κ1) is 19.8. The fourth-order valence-corrected chi connectivity index (χ4v) is 3.79. The van der Waals surface area contributed by atoms with Gasteiger partial charge in [0.2, 0.25) is 0 Å². The second-order valence-corrected chi connectivity index (χ2v) is 7.68. The maximum Gasteiger partial charge on any atom is 0.334 e. The van der Waals surface area contributed by atoms with E-state index in [1.165, 1.54) is 6.08 Å². The zero-order valence-electron chi connectivity index (χ0n) is 15.6. The minimum absolute atomic E-state index is 0.0809. The average Bonchev–Trinajstić information content (AvgIpc) is 3.27. The quantitative estimate of drug-likeness (QED) is 0.328. The summed E-state index contributed by atoms with van der Waals surface area (Å²) in [5.74, 6) is -1.35. The van der Waals surface area contributed by atoms with Crippen molar-refractivity contribution in [2.24, 2.45) is 5.92 Å². The molecule has 0 aromatic rings. The van der Waals surface area contributed by atoms with E-state index >= 15 is 0 Å². The summed E-state index contributed by atoms with van der Waals surface area (Å²) < 4.78 is 16.5. The lowest BCUT2D eigenvalue weighted by molar-refractivity contribution is -0.142. The number of allylic oxidation sites excluding steroid dienone is 1. The van der Waals surface area contributed by atoms with Crippen molar-refractivity contribution in [3.8, 4) is 0 Å². The third kappa shape index (κ3) is 4.00.